The summed E-state index contributed by atoms with van der Waals surface area (Å²) in [5.41, 5.74) is 1.08. The molecule has 1 saturated heterocycles. The zero-order chi connectivity index (χ0) is 20.1. The molecule has 1 aromatic carbocycles. The molecule has 2 aliphatic heterocycles. The first-order valence-electron chi connectivity index (χ1n) is 9.94. The zero-order valence-corrected chi connectivity index (χ0v) is 19.3. The topological polar surface area (TPSA) is 71.0 Å². The van der Waals surface area contributed by atoms with E-state index in [1.165, 1.54) is 6.07 Å². The second kappa shape index (κ2) is 10.6. The maximum absolute atomic E-state index is 14.0. The number of rotatable bonds is 4. The number of hydrogen-bond donors (Lipinski definition) is 2. The van der Waals surface area contributed by atoms with E-state index in [0.29, 0.717) is 38.1 Å². The molecule has 2 aliphatic rings. The third kappa shape index (κ3) is 5.44. The highest BCUT2D eigenvalue weighted by molar-refractivity contribution is 14.0. The van der Waals surface area contributed by atoms with Crippen LogP contribution in [-0.4, -0.2) is 50.3 Å². The Morgan fingerprint density at radius 1 is 1.27 bits per heavy atom. The first-order chi connectivity index (χ1) is 14.2. The summed E-state index contributed by atoms with van der Waals surface area (Å²) in [6.45, 7) is 3.40. The normalized spacial score (nSPS) is 18.4. The first kappa shape index (κ1) is 22.4. The van der Waals surface area contributed by atoms with Gasteiger partial charge in [-0.15, -0.1) is 24.0 Å². The smallest absolute Gasteiger partial charge is 0.191 e. The maximum Gasteiger partial charge on any atom is 0.191 e. The molecule has 0 aliphatic carbocycles. The highest BCUT2D eigenvalue weighted by Crippen LogP contribution is 2.30. The van der Waals surface area contributed by atoms with Gasteiger partial charge in [-0.3, -0.25) is 4.99 Å². The van der Waals surface area contributed by atoms with Crippen LogP contribution in [0.5, 0.6) is 11.5 Å². The Morgan fingerprint density at radius 2 is 2.10 bits per heavy atom. The number of anilines is 1. The van der Waals surface area contributed by atoms with Crippen LogP contribution in [0.4, 0.5) is 10.2 Å². The van der Waals surface area contributed by atoms with Crippen LogP contribution in [0.25, 0.3) is 0 Å². The molecule has 2 N–H and O–H groups in total. The number of halogens is 2. The molecule has 30 heavy (non-hydrogen) atoms. The lowest BCUT2D eigenvalue weighted by molar-refractivity contribution is 0.297. The third-order valence-corrected chi connectivity index (χ3v) is 5.06. The van der Waals surface area contributed by atoms with Crippen molar-refractivity contribution in [1.29, 1.82) is 0 Å². The Balaban J connectivity index is 0.00000256. The number of aromatic nitrogens is 1. The summed E-state index contributed by atoms with van der Waals surface area (Å²) in [5, 5.41) is 6.75. The lowest BCUT2D eigenvalue weighted by Crippen LogP contribution is -2.44. The number of fused-ring (bicyclic) bond motifs is 1. The molecule has 0 spiro atoms. The van der Waals surface area contributed by atoms with E-state index in [1.54, 1.807) is 19.3 Å². The SMILES string of the molecule is CN=C(NCc1ccc2c(c1)OCCCO2)NC1CCN(c2ncccc2F)C1.I. The van der Waals surface area contributed by atoms with Gasteiger partial charge in [-0.1, -0.05) is 6.07 Å². The van der Waals surface area contributed by atoms with Crippen molar-refractivity contribution in [2.24, 2.45) is 4.99 Å². The molecule has 7 nitrogen and oxygen atoms in total. The summed E-state index contributed by atoms with van der Waals surface area (Å²) >= 11 is 0. The molecule has 3 heterocycles. The second-order valence-electron chi connectivity index (χ2n) is 7.14. The van der Waals surface area contributed by atoms with Crippen LogP contribution in [0.15, 0.2) is 41.5 Å². The maximum atomic E-state index is 14.0. The number of guanidine groups is 1. The summed E-state index contributed by atoms with van der Waals surface area (Å²) in [5.74, 6) is 2.41. The number of ether oxygens (including phenoxy) is 2. The molecule has 0 bridgehead atoms. The standard InChI is InChI=1S/C21H26FN5O2.HI/c1-23-21(25-13-15-5-6-18-19(12-15)29-11-3-10-28-18)26-16-7-9-27(14-16)20-17(22)4-2-8-24-20;/h2,4-6,8,12,16H,3,7,9-11,13-14H2,1H3,(H2,23,25,26);1H. The fourth-order valence-corrected chi connectivity index (χ4v) is 3.57. The van der Waals surface area contributed by atoms with E-state index in [0.717, 1.165) is 36.4 Å². The summed E-state index contributed by atoms with van der Waals surface area (Å²) in [7, 11) is 1.74. The summed E-state index contributed by atoms with van der Waals surface area (Å²) in [4.78, 5) is 10.4. The number of nitrogens with one attached hydrogen (secondary N) is 2. The molecular weight excluding hydrogens is 500 g/mol. The zero-order valence-electron chi connectivity index (χ0n) is 16.9. The molecule has 0 radical (unpaired) electrons. The van der Waals surface area contributed by atoms with Gasteiger partial charge in [-0.05, 0) is 36.2 Å². The molecule has 0 amide bonds. The number of aliphatic imine (C=N–C) groups is 1. The summed E-state index contributed by atoms with van der Waals surface area (Å²) in [6, 6.07) is 9.20. The van der Waals surface area contributed by atoms with E-state index in [2.05, 4.69) is 20.6 Å². The van der Waals surface area contributed by atoms with E-state index in [-0.39, 0.29) is 35.8 Å². The molecular formula is C21H27FIN5O2. The van der Waals surface area contributed by atoms with E-state index in [1.807, 2.05) is 23.1 Å². The Labute approximate surface area is 193 Å². The van der Waals surface area contributed by atoms with Gasteiger partial charge in [-0.25, -0.2) is 9.37 Å². The van der Waals surface area contributed by atoms with E-state index in [9.17, 15) is 4.39 Å². The highest BCUT2D eigenvalue weighted by atomic mass is 127. The van der Waals surface area contributed by atoms with Crippen molar-refractivity contribution in [3.63, 3.8) is 0 Å². The summed E-state index contributed by atoms with van der Waals surface area (Å²) < 4.78 is 25.4. The van der Waals surface area contributed by atoms with Crippen LogP contribution < -0.4 is 25.0 Å². The van der Waals surface area contributed by atoms with Crippen LogP contribution in [0.3, 0.4) is 0 Å². The quantitative estimate of drug-likeness (QED) is 0.362. The molecule has 1 atom stereocenters. The van der Waals surface area contributed by atoms with Crippen LogP contribution in [0.1, 0.15) is 18.4 Å². The number of nitrogens with zero attached hydrogens (tertiary/aromatic N) is 3. The lowest BCUT2D eigenvalue weighted by atomic mass is 10.2. The van der Waals surface area contributed by atoms with Crippen LogP contribution in [0.2, 0.25) is 0 Å². The van der Waals surface area contributed by atoms with Crippen molar-refractivity contribution < 1.29 is 13.9 Å². The van der Waals surface area contributed by atoms with Crippen molar-refractivity contribution >= 4 is 35.8 Å². The average Bonchev–Trinajstić information content (AvgIpc) is 3.07. The number of hydrogen-bond acceptors (Lipinski definition) is 5. The molecule has 1 unspecified atom stereocenters. The van der Waals surface area contributed by atoms with Crippen LogP contribution >= 0.6 is 24.0 Å². The largest absolute Gasteiger partial charge is 0.490 e. The highest BCUT2D eigenvalue weighted by Gasteiger charge is 2.26. The Kier molecular flexibility index (Phi) is 7.94. The molecule has 0 saturated carbocycles. The van der Waals surface area contributed by atoms with Gasteiger partial charge in [-0.2, -0.15) is 0 Å². The van der Waals surface area contributed by atoms with Crippen LogP contribution in [-0.2, 0) is 6.54 Å². The van der Waals surface area contributed by atoms with Crippen molar-refractivity contribution in [3.05, 3.63) is 47.9 Å². The first-order valence-corrected chi connectivity index (χ1v) is 9.94. The van der Waals surface area contributed by atoms with E-state index >= 15 is 0 Å². The molecule has 162 valence electrons. The Bertz CT molecular complexity index is 882. The van der Waals surface area contributed by atoms with Crippen molar-refractivity contribution in [2.45, 2.75) is 25.4 Å². The minimum absolute atomic E-state index is 0. The predicted molar refractivity (Wildman–Crippen MR) is 126 cm³/mol. The Morgan fingerprint density at radius 3 is 2.90 bits per heavy atom. The van der Waals surface area contributed by atoms with Gasteiger partial charge in [0.25, 0.3) is 0 Å². The third-order valence-electron chi connectivity index (χ3n) is 5.06. The van der Waals surface area contributed by atoms with Gasteiger partial charge in [0.15, 0.2) is 29.1 Å². The molecule has 1 fully saturated rings. The average molecular weight is 527 g/mol. The van der Waals surface area contributed by atoms with Crippen molar-refractivity contribution in [1.82, 2.24) is 15.6 Å². The monoisotopic (exact) mass is 527 g/mol. The van der Waals surface area contributed by atoms with Gasteiger partial charge < -0.3 is 25.0 Å². The molecule has 1 aromatic heterocycles. The minimum atomic E-state index is -0.287. The summed E-state index contributed by atoms with van der Waals surface area (Å²) in [6.07, 6.45) is 3.40. The molecule has 4 rings (SSSR count). The number of pyridine rings is 1. The Hall–Kier alpha value is -2.30. The van der Waals surface area contributed by atoms with Crippen molar-refractivity contribution in [2.75, 3.05) is 38.3 Å². The van der Waals surface area contributed by atoms with Gasteiger partial charge >= 0.3 is 0 Å². The molecule has 9 heteroatoms. The predicted octanol–water partition coefficient (Wildman–Crippen LogP) is 2.94. The van der Waals surface area contributed by atoms with Gasteiger partial charge in [0.1, 0.15) is 0 Å². The number of benzene rings is 1. The second-order valence-corrected chi connectivity index (χ2v) is 7.14. The van der Waals surface area contributed by atoms with E-state index < -0.39 is 0 Å². The van der Waals surface area contributed by atoms with Gasteiger partial charge in [0.05, 0.1) is 13.2 Å². The molecule has 2 aromatic rings. The minimum Gasteiger partial charge on any atom is -0.490 e. The lowest BCUT2D eigenvalue weighted by Gasteiger charge is -2.20. The van der Waals surface area contributed by atoms with Crippen molar-refractivity contribution in [3.8, 4) is 11.5 Å². The van der Waals surface area contributed by atoms with Crippen LogP contribution in [0, 0.1) is 5.82 Å². The van der Waals surface area contributed by atoms with Gasteiger partial charge in [0.2, 0.25) is 0 Å². The van der Waals surface area contributed by atoms with Gasteiger partial charge in [0, 0.05) is 45.3 Å². The fourth-order valence-electron chi connectivity index (χ4n) is 3.57. The fraction of sp³-hybridized carbons (Fsp3) is 0.429. The van der Waals surface area contributed by atoms with E-state index in [4.69, 9.17) is 9.47 Å².